The summed E-state index contributed by atoms with van der Waals surface area (Å²) >= 11 is 0. The van der Waals surface area contributed by atoms with Gasteiger partial charge in [-0.3, -0.25) is 0 Å². The number of hydrogen-bond donors (Lipinski definition) is 0. The van der Waals surface area contributed by atoms with Crippen LogP contribution < -0.4 is 19.6 Å². The third-order valence-electron chi connectivity index (χ3n) is 18.1. The van der Waals surface area contributed by atoms with Gasteiger partial charge in [-0.1, -0.05) is 184 Å². The van der Waals surface area contributed by atoms with Crippen molar-refractivity contribution in [1.82, 2.24) is 39.9 Å². The van der Waals surface area contributed by atoms with Gasteiger partial charge in [-0.05, 0) is 130 Å². The Morgan fingerprint density at radius 3 is 0.630 bits per heavy atom. The molecule has 12 rings (SSSR count). The fraction of sp³-hybridized carbons (Fsp3) is 0.300. The van der Waals surface area contributed by atoms with E-state index in [1.807, 2.05) is 24.8 Å². The lowest BCUT2D eigenvalue weighted by Gasteiger charge is -2.35. The van der Waals surface area contributed by atoms with Crippen molar-refractivity contribution in [1.29, 1.82) is 0 Å². The molecule has 0 aliphatic carbocycles. The molecular weight excluding hydrogens is 1130 g/mol. The molecule has 4 aromatic heterocycles. The summed E-state index contributed by atoms with van der Waals surface area (Å²) in [6.45, 7) is 35.9. The molecule has 0 unspecified atom stereocenters. The van der Waals surface area contributed by atoms with E-state index in [1.165, 1.54) is 22.3 Å². The fourth-order valence-corrected chi connectivity index (χ4v) is 13.0. The minimum absolute atomic E-state index is 0.0836. The van der Waals surface area contributed by atoms with E-state index < -0.39 is 0 Å². The fourth-order valence-electron chi connectivity index (χ4n) is 13.0. The summed E-state index contributed by atoms with van der Waals surface area (Å²) in [4.78, 5) is 48.9. The minimum Gasteiger partial charge on any atom is -0.307 e. The number of anilines is 12. The zero-order valence-corrected chi connectivity index (χ0v) is 56.5. The summed E-state index contributed by atoms with van der Waals surface area (Å²) in [5, 5.41) is 6.29. The molecule has 0 amide bonds. The average molecular weight is 1220 g/mol. The second kappa shape index (κ2) is 24.5. The van der Waals surface area contributed by atoms with Crippen LogP contribution in [-0.4, -0.2) is 39.9 Å². The minimum atomic E-state index is -0.0836. The number of benzene rings is 8. The maximum Gasteiger partial charge on any atom is 0.115 e. The van der Waals surface area contributed by atoms with Crippen molar-refractivity contribution < 1.29 is 0 Å². The van der Waals surface area contributed by atoms with Crippen LogP contribution >= 0.6 is 0 Å². The van der Waals surface area contributed by atoms with Crippen LogP contribution in [0.15, 0.2) is 184 Å². The molecule has 0 saturated carbocycles. The highest BCUT2D eigenvalue weighted by atomic mass is 15.2. The SMILES string of the molecule is CCc1ncncc1N(c1ccc(C(C)(C)C)cc1)c1cc(N(c2ccc(C(C)(C)C)cc2)c2cncnc2CC)c2ccc3c(N(c4ccc(C(C)(C)C)cc4)c4cncnc4CC)cc(N(c4ccc(C(C)(C)C)cc4)c4cncnc4CC)c4ccc1c2c43. The summed E-state index contributed by atoms with van der Waals surface area (Å²) in [5.74, 6) is 0. The van der Waals surface area contributed by atoms with Gasteiger partial charge in [0.25, 0.3) is 0 Å². The van der Waals surface area contributed by atoms with E-state index in [4.69, 9.17) is 39.9 Å². The quantitative estimate of drug-likeness (QED) is 0.0858. The van der Waals surface area contributed by atoms with Gasteiger partial charge in [0.1, 0.15) is 25.3 Å². The molecule has 0 saturated heterocycles. The molecule has 0 aliphatic heterocycles. The Morgan fingerprint density at radius 1 is 0.261 bits per heavy atom. The lowest BCUT2D eigenvalue weighted by atomic mass is 9.86. The molecule has 0 atom stereocenters. The number of aryl methyl sites for hydroxylation is 4. The van der Waals surface area contributed by atoms with Crippen molar-refractivity contribution in [2.45, 2.75) is 158 Å². The van der Waals surface area contributed by atoms with Crippen LogP contribution in [0.2, 0.25) is 0 Å². The Balaban J connectivity index is 1.32. The third-order valence-corrected chi connectivity index (χ3v) is 18.1. The van der Waals surface area contributed by atoms with Gasteiger partial charge in [-0.2, -0.15) is 0 Å². The summed E-state index contributed by atoms with van der Waals surface area (Å²) in [6.07, 6.45) is 17.3. The molecule has 92 heavy (non-hydrogen) atoms. The first kappa shape index (κ1) is 62.5. The normalized spacial score (nSPS) is 12.3. The predicted octanol–water partition coefficient (Wildman–Crippen LogP) is 21.1. The predicted molar refractivity (Wildman–Crippen MR) is 384 cm³/mol. The maximum absolute atomic E-state index is 5.02. The van der Waals surface area contributed by atoms with Gasteiger partial charge in [0.05, 0.1) is 93.1 Å². The smallest absolute Gasteiger partial charge is 0.115 e. The Morgan fingerprint density at radius 2 is 0.457 bits per heavy atom. The van der Waals surface area contributed by atoms with Gasteiger partial charge in [0.2, 0.25) is 0 Å². The van der Waals surface area contributed by atoms with Crippen LogP contribution in [0.4, 0.5) is 68.2 Å². The second-order valence-corrected chi connectivity index (χ2v) is 28.3. The number of nitrogens with zero attached hydrogens (tertiary/aromatic N) is 12. The van der Waals surface area contributed by atoms with Crippen LogP contribution in [0.1, 0.15) is 156 Å². The summed E-state index contributed by atoms with van der Waals surface area (Å²) in [6, 6.07) is 50.4. The van der Waals surface area contributed by atoms with Crippen molar-refractivity contribution in [3.05, 3.63) is 229 Å². The zero-order chi connectivity index (χ0) is 65.0. The first-order chi connectivity index (χ1) is 44.0. The molecule has 8 aromatic carbocycles. The Kier molecular flexibility index (Phi) is 16.6. The number of rotatable bonds is 16. The Bertz CT molecular complexity index is 4030. The molecule has 12 aromatic rings. The largest absolute Gasteiger partial charge is 0.307 e. The molecule has 0 spiro atoms. The van der Waals surface area contributed by atoms with Crippen LogP contribution in [0, 0.1) is 0 Å². The van der Waals surface area contributed by atoms with E-state index >= 15 is 0 Å². The van der Waals surface area contributed by atoms with Crippen molar-refractivity contribution in [2.24, 2.45) is 0 Å². The molecule has 0 bridgehead atoms. The molecular formula is C80H86N12. The first-order valence-electron chi connectivity index (χ1n) is 32.6. The molecule has 12 nitrogen and oxygen atoms in total. The lowest BCUT2D eigenvalue weighted by Crippen LogP contribution is -2.19. The molecule has 4 heterocycles. The average Bonchev–Trinajstić information content (AvgIpc) is 0.700. The Hall–Kier alpha value is -9.68. The molecule has 0 fully saturated rings. The van der Waals surface area contributed by atoms with Gasteiger partial charge in [0, 0.05) is 55.1 Å². The van der Waals surface area contributed by atoms with Gasteiger partial charge in [-0.25, -0.2) is 39.9 Å². The van der Waals surface area contributed by atoms with Gasteiger partial charge < -0.3 is 19.6 Å². The molecule has 466 valence electrons. The van der Waals surface area contributed by atoms with Crippen molar-refractivity contribution >= 4 is 101 Å². The number of hydrogen-bond acceptors (Lipinski definition) is 12. The van der Waals surface area contributed by atoms with Crippen LogP contribution in [0.3, 0.4) is 0 Å². The van der Waals surface area contributed by atoms with Crippen molar-refractivity contribution in [2.75, 3.05) is 19.6 Å². The highest BCUT2D eigenvalue weighted by molar-refractivity contribution is 6.33. The van der Waals surface area contributed by atoms with Crippen LogP contribution in [0.5, 0.6) is 0 Å². The highest BCUT2D eigenvalue weighted by Gasteiger charge is 2.33. The van der Waals surface area contributed by atoms with Crippen LogP contribution in [-0.2, 0) is 47.3 Å². The Labute approximate surface area is 543 Å². The van der Waals surface area contributed by atoms with Crippen molar-refractivity contribution in [3.63, 3.8) is 0 Å². The molecule has 0 aliphatic rings. The van der Waals surface area contributed by atoms with Gasteiger partial charge in [-0.15, -0.1) is 0 Å². The van der Waals surface area contributed by atoms with E-state index in [0.29, 0.717) is 25.7 Å². The van der Waals surface area contributed by atoms with E-state index in [9.17, 15) is 0 Å². The standard InChI is InChI=1S/C80H86N12/c1-17-63-71(43-81-47-85-63)89(55-29-21-51(22-30-55)77(5,6)7)67-41-68(90(72-44-82-48-86-64(72)18-2)56-31-23-52(24-32-56)78(8,9)10)60-39-40-62-70(92(74-46-84-50-88-66(74)20-4)58-35-27-54(28-36-58)80(14,15)16)42-69(61-38-37-59(67)75(60)76(61)62)91(73-45-83-49-87-65(73)19-3)57-33-25-53(26-34-57)79(11,12)13/h21-50H,17-20H2,1-16H3. The lowest BCUT2D eigenvalue weighted by molar-refractivity contribution is 0.590. The van der Waals surface area contributed by atoms with E-state index in [-0.39, 0.29) is 21.7 Å². The third kappa shape index (κ3) is 11.6. The summed E-state index contributed by atoms with van der Waals surface area (Å²) < 4.78 is 0. The van der Waals surface area contributed by atoms with Crippen LogP contribution in [0.25, 0.3) is 32.3 Å². The maximum atomic E-state index is 5.02. The number of aromatic nitrogens is 8. The monoisotopic (exact) mass is 1210 g/mol. The highest BCUT2D eigenvalue weighted by Crippen LogP contribution is 2.56. The topological polar surface area (TPSA) is 116 Å². The molecule has 12 heteroatoms. The van der Waals surface area contributed by atoms with E-state index in [0.717, 1.165) is 123 Å². The van der Waals surface area contributed by atoms with Crippen molar-refractivity contribution in [3.8, 4) is 0 Å². The molecule has 0 radical (unpaired) electrons. The first-order valence-corrected chi connectivity index (χ1v) is 32.6. The zero-order valence-electron chi connectivity index (χ0n) is 56.5. The van der Waals surface area contributed by atoms with E-state index in [1.54, 1.807) is 25.3 Å². The van der Waals surface area contributed by atoms with Gasteiger partial charge >= 0.3 is 0 Å². The van der Waals surface area contributed by atoms with E-state index in [2.05, 4.69) is 264 Å². The molecule has 0 N–H and O–H groups in total. The summed E-state index contributed by atoms with van der Waals surface area (Å²) in [7, 11) is 0. The van der Waals surface area contributed by atoms with Gasteiger partial charge in [0.15, 0.2) is 0 Å². The second-order valence-electron chi connectivity index (χ2n) is 28.3. The summed E-state index contributed by atoms with van der Waals surface area (Å²) in [5.41, 5.74) is 19.6.